The first-order valence-corrected chi connectivity index (χ1v) is 8.21. The molecule has 22 heavy (non-hydrogen) atoms. The van der Waals surface area contributed by atoms with Gasteiger partial charge in [0.1, 0.15) is 5.75 Å². The third kappa shape index (κ3) is 5.04. The van der Waals surface area contributed by atoms with Crippen LogP contribution in [0.4, 0.5) is 0 Å². The van der Waals surface area contributed by atoms with Gasteiger partial charge in [0.2, 0.25) is 0 Å². The summed E-state index contributed by atoms with van der Waals surface area (Å²) in [7, 11) is 1.71. The summed E-state index contributed by atoms with van der Waals surface area (Å²) in [4.78, 5) is 10.8. The number of rotatable bonds is 9. The molecule has 3 heteroatoms. The second kappa shape index (κ2) is 8.21. The second-order valence-electron chi connectivity index (χ2n) is 6.73. The van der Waals surface area contributed by atoms with Gasteiger partial charge in [0.05, 0.1) is 7.11 Å². The fourth-order valence-corrected chi connectivity index (χ4v) is 2.97. The number of hydrogen-bond donors (Lipinski definition) is 1. The quantitative estimate of drug-likeness (QED) is 0.661. The van der Waals surface area contributed by atoms with E-state index in [2.05, 4.69) is 26.8 Å². The molecule has 124 valence electrons. The summed E-state index contributed by atoms with van der Waals surface area (Å²) >= 11 is 0. The Labute approximate surface area is 134 Å². The molecule has 1 aromatic carbocycles. The van der Waals surface area contributed by atoms with Gasteiger partial charge in [0.15, 0.2) is 0 Å². The number of hydrogen-bond acceptors (Lipinski definition) is 2. The van der Waals surface area contributed by atoms with Gasteiger partial charge < -0.3 is 9.84 Å². The first-order chi connectivity index (χ1) is 10.3. The molecule has 0 atom stereocenters. The number of aliphatic carboxylic acids is 1. The van der Waals surface area contributed by atoms with Crippen molar-refractivity contribution >= 4 is 5.97 Å². The zero-order chi connectivity index (χ0) is 16.8. The Bertz CT molecular complexity index is 504. The van der Waals surface area contributed by atoms with Crippen LogP contribution in [0.25, 0.3) is 0 Å². The predicted molar refractivity (Wildman–Crippen MR) is 90.9 cm³/mol. The monoisotopic (exact) mass is 306 g/mol. The van der Waals surface area contributed by atoms with Gasteiger partial charge in [-0.2, -0.15) is 0 Å². The van der Waals surface area contributed by atoms with Gasteiger partial charge in [-0.3, -0.25) is 4.79 Å². The zero-order valence-electron chi connectivity index (χ0n) is 14.7. The van der Waals surface area contributed by atoms with Crippen molar-refractivity contribution in [2.24, 2.45) is 0 Å². The third-order valence-electron chi connectivity index (χ3n) is 4.30. The molecule has 0 fully saturated rings. The Kier molecular flexibility index (Phi) is 6.92. The van der Waals surface area contributed by atoms with E-state index in [4.69, 9.17) is 9.84 Å². The molecule has 0 heterocycles. The summed E-state index contributed by atoms with van der Waals surface area (Å²) in [6, 6.07) is 4.19. The SMILES string of the molecule is CCCCCC(C)(C)c1cc(CCC(=O)O)cc(C)c1OC. The lowest BCUT2D eigenvalue weighted by Crippen LogP contribution is -2.19. The van der Waals surface area contributed by atoms with Crippen LogP contribution in [0.2, 0.25) is 0 Å². The molecule has 0 aliphatic heterocycles. The van der Waals surface area contributed by atoms with E-state index in [1.807, 2.05) is 13.0 Å². The van der Waals surface area contributed by atoms with Crippen LogP contribution in [0.5, 0.6) is 5.75 Å². The van der Waals surface area contributed by atoms with Crippen molar-refractivity contribution in [3.63, 3.8) is 0 Å². The van der Waals surface area contributed by atoms with Gasteiger partial charge in [-0.1, -0.05) is 52.2 Å². The summed E-state index contributed by atoms with van der Waals surface area (Å²) in [5.74, 6) is 0.192. The Morgan fingerprint density at radius 3 is 2.50 bits per heavy atom. The summed E-state index contributed by atoms with van der Waals surface area (Å²) < 4.78 is 5.63. The number of ether oxygens (including phenoxy) is 1. The molecule has 0 aromatic heterocycles. The van der Waals surface area contributed by atoms with Crippen molar-refractivity contribution < 1.29 is 14.6 Å². The van der Waals surface area contributed by atoms with Gasteiger partial charge in [-0.25, -0.2) is 0 Å². The van der Waals surface area contributed by atoms with E-state index in [0.717, 1.165) is 23.3 Å². The summed E-state index contributed by atoms with van der Waals surface area (Å²) in [5, 5.41) is 8.89. The highest BCUT2D eigenvalue weighted by atomic mass is 16.5. The smallest absolute Gasteiger partial charge is 0.303 e. The van der Waals surface area contributed by atoms with E-state index in [1.54, 1.807) is 7.11 Å². The molecule has 0 aliphatic rings. The largest absolute Gasteiger partial charge is 0.496 e. The maximum Gasteiger partial charge on any atom is 0.303 e. The first kappa shape index (κ1) is 18.5. The van der Waals surface area contributed by atoms with Gasteiger partial charge >= 0.3 is 5.97 Å². The Morgan fingerprint density at radius 1 is 1.27 bits per heavy atom. The average molecular weight is 306 g/mol. The predicted octanol–water partition coefficient (Wildman–Crippen LogP) is 4.88. The lowest BCUT2D eigenvalue weighted by atomic mass is 9.78. The number of benzene rings is 1. The van der Waals surface area contributed by atoms with Crippen LogP contribution in [0.3, 0.4) is 0 Å². The van der Waals surface area contributed by atoms with E-state index in [-0.39, 0.29) is 11.8 Å². The van der Waals surface area contributed by atoms with Crippen LogP contribution in [0, 0.1) is 6.92 Å². The average Bonchev–Trinajstić information content (AvgIpc) is 2.44. The minimum Gasteiger partial charge on any atom is -0.496 e. The molecular formula is C19H30O3. The number of unbranched alkanes of at least 4 members (excludes halogenated alkanes) is 2. The lowest BCUT2D eigenvalue weighted by molar-refractivity contribution is -0.136. The molecule has 0 saturated carbocycles. The Hall–Kier alpha value is -1.51. The van der Waals surface area contributed by atoms with Crippen LogP contribution < -0.4 is 4.74 Å². The minimum absolute atomic E-state index is 0.0322. The molecule has 0 amide bonds. The van der Waals surface area contributed by atoms with Crippen LogP contribution in [0.15, 0.2) is 12.1 Å². The highest BCUT2D eigenvalue weighted by molar-refractivity contribution is 5.67. The molecule has 0 bridgehead atoms. The van der Waals surface area contributed by atoms with Crippen molar-refractivity contribution in [2.45, 2.75) is 71.6 Å². The van der Waals surface area contributed by atoms with Crippen molar-refractivity contribution in [2.75, 3.05) is 7.11 Å². The summed E-state index contributed by atoms with van der Waals surface area (Å²) in [5.41, 5.74) is 3.40. The van der Waals surface area contributed by atoms with Gasteiger partial charge in [0, 0.05) is 12.0 Å². The Morgan fingerprint density at radius 2 is 1.95 bits per heavy atom. The highest BCUT2D eigenvalue weighted by Gasteiger charge is 2.25. The van der Waals surface area contributed by atoms with Gasteiger partial charge in [-0.05, 0) is 36.3 Å². The van der Waals surface area contributed by atoms with Crippen LogP contribution in [-0.4, -0.2) is 18.2 Å². The van der Waals surface area contributed by atoms with E-state index >= 15 is 0 Å². The minimum atomic E-state index is -0.753. The standard InChI is InChI=1S/C19H30O3/c1-6-7-8-11-19(3,4)16-13-15(9-10-17(20)21)12-14(2)18(16)22-5/h12-13H,6-11H2,1-5H3,(H,20,21). The molecule has 0 saturated heterocycles. The number of methoxy groups -OCH3 is 1. The maximum absolute atomic E-state index is 10.8. The second-order valence-corrected chi connectivity index (χ2v) is 6.73. The number of carboxylic acids is 1. The molecule has 0 radical (unpaired) electrons. The van der Waals surface area contributed by atoms with Crippen molar-refractivity contribution in [1.29, 1.82) is 0 Å². The van der Waals surface area contributed by atoms with E-state index in [9.17, 15) is 4.79 Å². The van der Waals surface area contributed by atoms with Crippen molar-refractivity contribution in [3.05, 3.63) is 28.8 Å². The Balaban J connectivity index is 3.10. The molecule has 0 aliphatic carbocycles. The van der Waals surface area contributed by atoms with Crippen molar-refractivity contribution in [1.82, 2.24) is 0 Å². The van der Waals surface area contributed by atoms with Gasteiger partial charge in [0.25, 0.3) is 0 Å². The third-order valence-corrected chi connectivity index (χ3v) is 4.30. The maximum atomic E-state index is 10.8. The summed E-state index contributed by atoms with van der Waals surface area (Å²) in [6.07, 6.45) is 5.50. The molecule has 1 aromatic rings. The highest BCUT2D eigenvalue weighted by Crippen LogP contribution is 2.38. The first-order valence-electron chi connectivity index (χ1n) is 8.21. The summed E-state index contributed by atoms with van der Waals surface area (Å²) in [6.45, 7) is 8.75. The normalized spacial score (nSPS) is 11.5. The number of carbonyl (C=O) groups is 1. The number of aryl methyl sites for hydroxylation is 2. The molecule has 1 rings (SSSR count). The van der Waals surface area contributed by atoms with Crippen LogP contribution in [-0.2, 0) is 16.6 Å². The number of carboxylic acid groups (broad SMARTS) is 1. The molecule has 1 N–H and O–H groups in total. The van der Waals surface area contributed by atoms with E-state index in [0.29, 0.717) is 6.42 Å². The zero-order valence-corrected chi connectivity index (χ0v) is 14.7. The van der Waals surface area contributed by atoms with Crippen LogP contribution >= 0.6 is 0 Å². The van der Waals surface area contributed by atoms with E-state index in [1.165, 1.54) is 24.8 Å². The topological polar surface area (TPSA) is 46.5 Å². The van der Waals surface area contributed by atoms with Crippen molar-refractivity contribution in [3.8, 4) is 5.75 Å². The fraction of sp³-hybridized carbons (Fsp3) is 0.632. The molecule has 0 spiro atoms. The fourth-order valence-electron chi connectivity index (χ4n) is 2.97. The van der Waals surface area contributed by atoms with Crippen LogP contribution in [0.1, 0.15) is 69.6 Å². The molecule has 0 unspecified atom stereocenters. The lowest BCUT2D eigenvalue weighted by Gasteiger charge is -2.29. The molecule has 3 nitrogen and oxygen atoms in total. The molecular weight excluding hydrogens is 276 g/mol. The van der Waals surface area contributed by atoms with E-state index < -0.39 is 5.97 Å². The van der Waals surface area contributed by atoms with Gasteiger partial charge in [-0.15, -0.1) is 0 Å².